The van der Waals surface area contributed by atoms with E-state index in [1.165, 1.54) is 12.0 Å². The standard InChI is InChI=1S/C18H30N4O5S2/c1-13(2)16-19-14(12-28-16)11-21(3)18(24)20-15(17(23)27-4)5-6-22-7-9-29(25,26)10-8-22/h12-13,15H,5-11H2,1-4H3,(H,20,24)/t15-/m0/s1. The number of hydrogen-bond acceptors (Lipinski definition) is 8. The molecule has 1 fully saturated rings. The van der Waals surface area contributed by atoms with Crippen molar-refractivity contribution < 1.29 is 22.7 Å². The van der Waals surface area contributed by atoms with Crippen LogP contribution in [-0.4, -0.2) is 86.5 Å². The highest BCUT2D eigenvalue weighted by Gasteiger charge is 2.26. The lowest BCUT2D eigenvalue weighted by molar-refractivity contribution is -0.143. The molecule has 0 spiro atoms. The average molecular weight is 447 g/mol. The molecule has 1 saturated heterocycles. The third kappa shape index (κ3) is 7.23. The van der Waals surface area contributed by atoms with E-state index in [0.29, 0.717) is 38.5 Å². The predicted octanol–water partition coefficient (Wildman–Crippen LogP) is 1.07. The smallest absolute Gasteiger partial charge is 0.328 e. The molecule has 11 heteroatoms. The van der Waals surface area contributed by atoms with Gasteiger partial charge < -0.3 is 19.9 Å². The Morgan fingerprint density at radius 3 is 2.55 bits per heavy atom. The Morgan fingerprint density at radius 1 is 1.34 bits per heavy atom. The van der Waals surface area contributed by atoms with Crippen molar-refractivity contribution in [3.63, 3.8) is 0 Å². The summed E-state index contributed by atoms with van der Waals surface area (Å²) in [4.78, 5) is 32.6. The minimum atomic E-state index is -2.95. The van der Waals surface area contributed by atoms with E-state index in [0.717, 1.165) is 10.7 Å². The molecular weight excluding hydrogens is 416 g/mol. The molecule has 2 rings (SSSR count). The van der Waals surface area contributed by atoms with Gasteiger partial charge in [-0.2, -0.15) is 0 Å². The summed E-state index contributed by atoms with van der Waals surface area (Å²) in [6.07, 6.45) is 0.348. The molecule has 0 bridgehead atoms. The summed E-state index contributed by atoms with van der Waals surface area (Å²) in [5, 5.41) is 5.67. The van der Waals surface area contributed by atoms with Crippen LogP contribution in [0, 0.1) is 0 Å². The Balaban J connectivity index is 1.88. The predicted molar refractivity (Wildman–Crippen MR) is 112 cm³/mol. The molecule has 29 heavy (non-hydrogen) atoms. The summed E-state index contributed by atoms with van der Waals surface area (Å²) in [6.45, 7) is 5.85. The maximum atomic E-state index is 12.5. The fourth-order valence-electron chi connectivity index (χ4n) is 2.91. The highest BCUT2D eigenvalue weighted by molar-refractivity contribution is 7.91. The molecule has 2 amide bonds. The highest BCUT2D eigenvalue weighted by atomic mass is 32.2. The van der Waals surface area contributed by atoms with Crippen molar-refractivity contribution in [3.8, 4) is 0 Å². The van der Waals surface area contributed by atoms with Gasteiger partial charge in [-0.15, -0.1) is 11.3 Å². The lowest BCUT2D eigenvalue weighted by Crippen LogP contribution is -2.49. The van der Waals surface area contributed by atoms with Gasteiger partial charge in [0, 0.05) is 38.0 Å². The van der Waals surface area contributed by atoms with Crippen LogP contribution >= 0.6 is 11.3 Å². The maximum absolute atomic E-state index is 12.5. The number of sulfone groups is 1. The lowest BCUT2D eigenvalue weighted by atomic mass is 10.2. The lowest BCUT2D eigenvalue weighted by Gasteiger charge is -2.28. The minimum Gasteiger partial charge on any atom is -0.467 e. The molecular formula is C18H30N4O5S2. The topological polar surface area (TPSA) is 109 Å². The first-order valence-corrected chi connectivity index (χ1v) is 12.3. The number of carbonyl (C=O) groups excluding carboxylic acids is 2. The molecule has 1 aromatic rings. The van der Waals surface area contributed by atoms with Crippen molar-refractivity contribution in [1.29, 1.82) is 0 Å². The molecule has 1 aliphatic rings. The number of rotatable bonds is 8. The fourth-order valence-corrected chi connectivity index (χ4v) is 5.01. The second-order valence-electron chi connectivity index (χ2n) is 7.50. The van der Waals surface area contributed by atoms with E-state index in [2.05, 4.69) is 24.1 Å². The van der Waals surface area contributed by atoms with Gasteiger partial charge in [0.15, 0.2) is 9.84 Å². The Bertz CT molecular complexity index is 795. The average Bonchev–Trinajstić information content (AvgIpc) is 3.14. The molecule has 1 N–H and O–H groups in total. The molecule has 1 aliphatic heterocycles. The van der Waals surface area contributed by atoms with Crippen molar-refractivity contribution in [2.75, 3.05) is 45.3 Å². The van der Waals surface area contributed by atoms with Crippen molar-refractivity contribution in [1.82, 2.24) is 20.1 Å². The third-order valence-electron chi connectivity index (χ3n) is 4.76. The zero-order chi connectivity index (χ0) is 21.6. The van der Waals surface area contributed by atoms with E-state index < -0.39 is 21.8 Å². The third-order valence-corrected chi connectivity index (χ3v) is 7.57. The number of nitrogens with one attached hydrogen (secondary N) is 1. The van der Waals surface area contributed by atoms with E-state index in [1.807, 2.05) is 10.3 Å². The van der Waals surface area contributed by atoms with Crippen LogP contribution < -0.4 is 5.32 Å². The van der Waals surface area contributed by atoms with Crippen LogP contribution in [0.4, 0.5) is 4.79 Å². The molecule has 0 radical (unpaired) electrons. The summed E-state index contributed by atoms with van der Waals surface area (Å²) < 4.78 is 27.9. The number of thiazole rings is 1. The van der Waals surface area contributed by atoms with E-state index in [9.17, 15) is 18.0 Å². The zero-order valence-electron chi connectivity index (χ0n) is 17.4. The van der Waals surface area contributed by atoms with Crippen LogP contribution in [0.5, 0.6) is 0 Å². The number of esters is 1. The molecule has 0 aromatic carbocycles. The molecule has 1 atom stereocenters. The van der Waals surface area contributed by atoms with Gasteiger partial charge in [0.25, 0.3) is 0 Å². The molecule has 9 nitrogen and oxygen atoms in total. The van der Waals surface area contributed by atoms with Crippen molar-refractivity contribution >= 4 is 33.2 Å². The van der Waals surface area contributed by atoms with Crippen molar-refractivity contribution in [2.45, 2.75) is 38.8 Å². The first-order chi connectivity index (χ1) is 13.6. The van der Waals surface area contributed by atoms with Crippen LogP contribution in [0.15, 0.2) is 5.38 Å². The van der Waals surface area contributed by atoms with E-state index in [4.69, 9.17) is 4.74 Å². The van der Waals surface area contributed by atoms with E-state index in [1.54, 1.807) is 18.4 Å². The van der Waals surface area contributed by atoms with Crippen molar-refractivity contribution in [2.24, 2.45) is 0 Å². The normalized spacial score (nSPS) is 17.7. The minimum absolute atomic E-state index is 0.122. The largest absolute Gasteiger partial charge is 0.467 e. The number of methoxy groups -OCH3 is 1. The number of amides is 2. The van der Waals surface area contributed by atoms with Gasteiger partial charge >= 0.3 is 12.0 Å². The summed E-state index contributed by atoms with van der Waals surface area (Å²) in [5.74, 6) is 0.0575. The monoisotopic (exact) mass is 446 g/mol. The molecule has 0 aliphatic carbocycles. The number of ether oxygens (including phenoxy) is 1. The SMILES string of the molecule is COC(=O)[C@H](CCN1CCS(=O)(=O)CC1)NC(=O)N(C)Cc1csc(C(C)C)n1. The van der Waals surface area contributed by atoms with Gasteiger partial charge in [-0.3, -0.25) is 0 Å². The zero-order valence-corrected chi connectivity index (χ0v) is 19.0. The first kappa shape index (κ1) is 23.6. The van der Waals surface area contributed by atoms with Crippen LogP contribution in [0.3, 0.4) is 0 Å². The Hall–Kier alpha value is -1.72. The molecule has 0 saturated carbocycles. The number of urea groups is 1. The summed E-state index contributed by atoms with van der Waals surface area (Å²) in [6, 6.07) is -1.18. The highest BCUT2D eigenvalue weighted by Crippen LogP contribution is 2.19. The molecule has 164 valence electrons. The summed E-state index contributed by atoms with van der Waals surface area (Å²) in [5.41, 5.74) is 0.806. The number of carbonyl (C=O) groups is 2. The number of nitrogens with zero attached hydrogens (tertiary/aromatic N) is 3. The number of hydrogen-bond donors (Lipinski definition) is 1. The van der Waals surface area contributed by atoms with Crippen LogP contribution in [0.25, 0.3) is 0 Å². The Labute approximate surface area is 176 Å². The maximum Gasteiger partial charge on any atom is 0.328 e. The summed E-state index contributed by atoms with van der Waals surface area (Å²) >= 11 is 1.57. The Kier molecular flexibility index (Phi) is 8.41. The van der Waals surface area contributed by atoms with Crippen LogP contribution in [0.1, 0.15) is 36.9 Å². The van der Waals surface area contributed by atoms with Gasteiger partial charge in [0.05, 0.1) is 35.9 Å². The molecule has 2 heterocycles. The van der Waals surface area contributed by atoms with Gasteiger partial charge in [-0.25, -0.2) is 23.0 Å². The fraction of sp³-hybridized carbons (Fsp3) is 0.722. The van der Waals surface area contributed by atoms with Crippen LogP contribution in [-0.2, 0) is 25.9 Å². The second kappa shape index (κ2) is 10.4. The second-order valence-corrected chi connectivity index (χ2v) is 10.7. The van der Waals surface area contributed by atoms with Gasteiger partial charge in [-0.1, -0.05) is 13.8 Å². The first-order valence-electron chi connectivity index (χ1n) is 9.58. The van der Waals surface area contributed by atoms with Gasteiger partial charge in [-0.05, 0) is 6.42 Å². The van der Waals surface area contributed by atoms with Gasteiger partial charge in [0.2, 0.25) is 0 Å². The summed E-state index contributed by atoms with van der Waals surface area (Å²) in [7, 11) is -0.0282. The van der Waals surface area contributed by atoms with Crippen LogP contribution in [0.2, 0.25) is 0 Å². The molecule has 0 unspecified atom stereocenters. The Morgan fingerprint density at radius 2 is 2.00 bits per heavy atom. The van der Waals surface area contributed by atoms with Gasteiger partial charge in [0.1, 0.15) is 6.04 Å². The quantitative estimate of drug-likeness (QED) is 0.595. The molecule has 1 aromatic heterocycles. The van der Waals surface area contributed by atoms with E-state index in [-0.39, 0.29) is 17.5 Å². The number of aromatic nitrogens is 1. The van der Waals surface area contributed by atoms with E-state index >= 15 is 0 Å². The van der Waals surface area contributed by atoms with Crippen molar-refractivity contribution in [3.05, 3.63) is 16.1 Å².